The van der Waals surface area contributed by atoms with Crippen molar-refractivity contribution in [3.05, 3.63) is 65.3 Å². The maximum atomic E-state index is 14.8. The third-order valence-corrected chi connectivity index (χ3v) is 6.01. The van der Waals surface area contributed by atoms with Gasteiger partial charge in [-0.3, -0.25) is 9.80 Å². The molecule has 2 unspecified atom stereocenters. The first kappa shape index (κ1) is 21.2. The lowest BCUT2D eigenvalue weighted by Gasteiger charge is -2.54. The fraction of sp³-hybridized carbons (Fsp3) is 0.286. The van der Waals surface area contributed by atoms with Gasteiger partial charge in [-0.25, -0.2) is 19.0 Å². The van der Waals surface area contributed by atoms with E-state index in [0.717, 1.165) is 29.8 Å². The van der Waals surface area contributed by atoms with E-state index in [1.807, 2.05) is 4.90 Å². The summed E-state index contributed by atoms with van der Waals surface area (Å²) in [6, 6.07) is 2.28. The summed E-state index contributed by atoms with van der Waals surface area (Å²) in [6.07, 6.45) is 4.81. The molecule has 2 bridgehead atoms. The van der Waals surface area contributed by atoms with Gasteiger partial charge in [-0.1, -0.05) is 0 Å². The molecule has 2 atom stereocenters. The molecule has 2 saturated heterocycles. The van der Waals surface area contributed by atoms with Crippen LogP contribution in [0.2, 0.25) is 0 Å². The van der Waals surface area contributed by atoms with Gasteiger partial charge in [0.2, 0.25) is 0 Å². The Labute approximate surface area is 186 Å². The number of carbonyl (C=O) groups excluding carboxylic acids is 1. The Kier molecular flexibility index (Phi) is 5.17. The number of H-pyrrole nitrogens is 1. The van der Waals surface area contributed by atoms with Crippen LogP contribution in [0.5, 0.6) is 0 Å². The van der Waals surface area contributed by atoms with Crippen molar-refractivity contribution in [1.29, 1.82) is 0 Å². The van der Waals surface area contributed by atoms with E-state index in [1.165, 1.54) is 12.3 Å². The van der Waals surface area contributed by atoms with Crippen LogP contribution in [0, 0.1) is 11.6 Å². The third-order valence-electron chi connectivity index (χ3n) is 6.01. The molecule has 2 aromatic rings. The molecule has 33 heavy (non-hydrogen) atoms. The number of morpholine rings is 1. The number of ether oxygens (including phenoxy) is 1. The van der Waals surface area contributed by atoms with E-state index in [4.69, 9.17) is 16.3 Å². The molecule has 1 amide bonds. The lowest BCUT2D eigenvalue weighted by atomic mass is 9.91. The second kappa shape index (κ2) is 8.05. The van der Waals surface area contributed by atoms with Crippen molar-refractivity contribution in [2.75, 3.05) is 25.1 Å². The zero-order valence-electron chi connectivity index (χ0n) is 17.4. The fourth-order valence-corrected chi connectivity index (χ4v) is 4.31. The maximum absolute atomic E-state index is 14.8. The number of hydrogen-bond acceptors (Lipinski definition) is 7. The lowest BCUT2D eigenvalue weighted by molar-refractivity contribution is -0.113. The number of aromatic nitrogens is 1. The molecule has 3 aliphatic rings. The minimum atomic E-state index is -1.05. The van der Waals surface area contributed by atoms with Crippen molar-refractivity contribution >= 4 is 22.5 Å². The van der Waals surface area contributed by atoms with Gasteiger partial charge in [0.15, 0.2) is 17.5 Å². The predicted molar refractivity (Wildman–Crippen MR) is 114 cm³/mol. The number of benzene rings is 1. The number of fused-ring (bicyclic) bond motifs is 3. The quantitative estimate of drug-likeness (QED) is 0.259. The van der Waals surface area contributed by atoms with E-state index >= 15 is 0 Å². The monoisotopic (exact) mass is 461 g/mol. The average Bonchev–Trinajstić information content (AvgIpc) is 3.16. The molecule has 3 aliphatic heterocycles. The van der Waals surface area contributed by atoms with Crippen molar-refractivity contribution in [3.8, 4) is 0 Å². The molecule has 5 rings (SSSR count). The predicted octanol–water partition coefficient (Wildman–Crippen LogP) is 1.46. The smallest absolute Gasteiger partial charge is 0.273 e. The molecule has 2 fully saturated rings. The number of amides is 1. The number of nitrogens with zero attached hydrogens (tertiary/aromatic N) is 2. The first-order valence-corrected chi connectivity index (χ1v) is 10.3. The zero-order valence-corrected chi connectivity index (χ0v) is 17.4. The summed E-state index contributed by atoms with van der Waals surface area (Å²) >= 11 is 0. The summed E-state index contributed by atoms with van der Waals surface area (Å²) in [5.41, 5.74) is 6.47. The third kappa shape index (κ3) is 3.76. The number of halogens is 3. The van der Waals surface area contributed by atoms with Crippen LogP contribution in [0.25, 0.3) is 10.9 Å². The maximum Gasteiger partial charge on any atom is 0.273 e. The number of hydrogen-bond donors (Lipinski definition) is 5. The van der Waals surface area contributed by atoms with Crippen LogP contribution in [-0.2, 0) is 9.53 Å². The van der Waals surface area contributed by atoms with Crippen LogP contribution in [0.15, 0.2) is 53.6 Å². The fourth-order valence-electron chi connectivity index (χ4n) is 4.31. The van der Waals surface area contributed by atoms with Crippen LogP contribution in [0.4, 0.5) is 18.9 Å². The van der Waals surface area contributed by atoms with E-state index in [-0.39, 0.29) is 35.4 Å². The van der Waals surface area contributed by atoms with Crippen LogP contribution >= 0.6 is 0 Å². The highest BCUT2D eigenvalue weighted by atomic mass is 19.2. The largest absolute Gasteiger partial charge is 0.393 e. The van der Waals surface area contributed by atoms with Crippen LogP contribution in [0.3, 0.4) is 0 Å². The summed E-state index contributed by atoms with van der Waals surface area (Å²) in [6.45, 7) is 1.37. The molecule has 0 saturated carbocycles. The first-order valence-electron chi connectivity index (χ1n) is 10.3. The Morgan fingerprint density at radius 2 is 1.97 bits per heavy atom. The molecule has 12 heteroatoms. The summed E-state index contributed by atoms with van der Waals surface area (Å²) in [4.78, 5) is 17.2. The Bertz CT molecular complexity index is 1210. The molecular weight excluding hydrogens is 439 g/mol. The summed E-state index contributed by atoms with van der Waals surface area (Å²) < 4.78 is 47.1. The number of hydrazine groups is 1. The number of anilines is 1. The standard InChI is InChI=1S/C21H22F3N7O2/c22-14-3-13-18(4-15(14)23)27-6-19(13)29-21(32)17(25)7-30(26)10-2-16(24)20(28-5-10)31-11-1-12(31)9-33-8-11/h2-4,6-7,11-12,27-28H,1,5,8-9,25-26H2,(H,29,32)/b17-7-. The van der Waals surface area contributed by atoms with Gasteiger partial charge in [0.1, 0.15) is 11.5 Å². The molecule has 7 N–H and O–H groups in total. The van der Waals surface area contributed by atoms with Gasteiger partial charge >= 0.3 is 0 Å². The highest BCUT2D eigenvalue weighted by Gasteiger charge is 2.44. The molecule has 1 aromatic heterocycles. The van der Waals surface area contributed by atoms with Gasteiger partial charge < -0.3 is 31.0 Å². The molecule has 1 aromatic carbocycles. The van der Waals surface area contributed by atoms with Gasteiger partial charge in [-0.2, -0.15) is 0 Å². The Morgan fingerprint density at radius 3 is 2.67 bits per heavy atom. The number of nitrogens with two attached hydrogens (primary N) is 2. The van der Waals surface area contributed by atoms with Crippen molar-refractivity contribution in [2.24, 2.45) is 11.6 Å². The van der Waals surface area contributed by atoms with Gasteiger partial charge in [0.25, 0.3) is 5.91 Å². The Hall–Kier alpha value is -3.64. The number of carbonyl (C=O) groups is 1. The molecule has 0 aliphatic carbocycles. The van der Waals surface area contributed by atoms with Crippen molar-refractivity contribution < 1.29 is 22.7 Å². The SMILES string of the molecule is N/C(=C\N(N)C1=CC(F)=C(N2C3COCC2C3)NC1)C(=O)Nc1c[nH]c2cc(F)c(F)cc12. The molecule has 0 radical (unpaired) electrons. The number of nitrogens with one attached hydrogen (secondary N) is 3. The lowest BCUT2D eigenvalue weighted by Crippen LogP contribution is -2.65. The average molecular weight is 461 g/mol. The van der Waals surface area contributed by atoms with Gasteiger partial charge in [0.05, 0.1) is 48.7 Å². The molecule has 4 heterocycles. The Morgan fingerprint density at radius 1 is 1.24 bits per heavy atom. The number of aromatic amines is 1. The van der Waals surface area contributed by atoms with E-state index in [0.29, 0.717) is 30.2 Å². The summed E-state index contributed by atoms with van der Waals surface area (Å²) in [7, 11) is 0. The first-order chi connectivity index (χ1) is 15.8. The number of dihydropyridines is 1. The summed E-state index contributed by atoms with van der Waals surface area (Å²) in [5, 5.41) is 6.90. The van der Waals surface area contributed by atoms with Gasteiger partial charge in [-0.05, 0) is 12.5 Å². The van der Waals surface area contributed by atoms with Crippen LogP contribution < -0.4 is 22.2 Å². The van der Waals surface area contributed by atoms with Crippen molar-refractivity contribution in [2.45, 2.75) is 18.5 Å². The van der Waals surface area contributed by atoms with Gasteiger partial charge in [-0.15, -0.1) is 0 Å². The van der Waals surface area contributed by atoms with E-state index in [9.17, 15) is 18.0 Å². The van der Waals surface area contributed by atoms with Crippen molar-refractivity contribution in [3.63, 3.8) is 0 Å². The van der Waals surface area contributed by atoms with Crippen LogP contribution in [0.1, 0.15) is 6.42 Å². The highest BCUT2D eigenvalue weighted by Crippen LogP contribution is 2.36. The minimum absolute atomic E-state index is 0.162. The van der Waals surface area contributed by atoms with Crippen LogP contribution in [-0.4, -0.2) is 52.6 Å². The second-order valence-electron chi connectivity index (χ2n) is 8.13. The molecule has 0 spiro atoms. The molecular formula is C21H22F3N7O2. The molecule has 9 nitrogen and oxygen atoms in total. The zero-order chi connectivity index (χ0) is 23.3. The number of allylic oxidation sites excluding steroid dienone is 2. The van der Waals surface area contributed by atoms with E-state index < -0.39 is 23.4 Å². The summed E-state index contributed by atoms with van der Waals surface area (Å²) in [5.74, 6) is 3.15. The van der Waals surface area contributed by atoms with Crippen molar-refractivity contribution in [1.82, 2.24) is 20.2 Å². The normalized spacial score (nSPS) is 22.6. The highest BCUT2D eigenvalue weighted by molar-refractivity contribution is 6.08. The van der Waals surface area contributed by atoms with E-state index in [1.54, 1.807) is 0 Å². The Balaban J connectivity index is 1.29. The topological polar surface area (TPSA) is 125 Å². The van der Waals surface area contributed by atoms with E-state index in [2.05, 4.69) is 15.6 Å². The molecule has 174 valence electrons. The van der Waals surface area contributed by atoms with Gasteiger partial charge in [0, 0.05) is 29.9 Å². The number of rotatable bonds is 5. The second-order valence-corrected chi connectivity index (χ2v) is 8.13. The minimum Gasteiger partial charge on any atom is -0.393 e.